The molecular weight excluding hydrogens is 336 g/mol. The van der Waals surface area contributed by atoms with Gasteiger partial charge in [-0.1, -0.05) is 38.1 Å². The van der Waals surface area contributed by atoms with Crippen molar-refractivity contribution in [2.24, 2.45) is 19.2 Å². The maximum atomic E-state index is 12.5. The molecule has 0 unspecified atom stereocenters. The highest BCUT2D eigenvalue weighted by Crippen LogP contribution is 2.27. The first-order valence-corrected chi connectivity index (χ1v) is 8.63. The van der Waals surface area contributed by atoms with Gasteiger partial charge in [0.1, 0.15) is 5.56 Å². The number of rotatable bonds is 3. The Morgan fingerprint density at radius 1 is 1.24 bits per heavy atom. The van der Waals surface area contributed by atoms with Crippen LogP contribution in [0.3, 0.4) is 0 Å². The smallest absolute Gasteiger partial charge is 0.267 e. The van der Waals surface area contributed by atoms with Crippen LogP contribution in [0.25, 0.3) is 0 Å². The number of benzene rings is 1. The molecule has 1 aliphatic rings. The molecule has 7 heteroatoms. The average molecular weight is 358 g/mol. The first-order valence-electron chi connectivity index (χ1n) is 8.22. The minimum atomic E-state index is -0.336. The van der Waals surface area contributed by atoms with Crippen molar-refractivity contribution >= 4 is 17.9 Å². The predicted octanol–water partition coefficient (Wildman–Crippen LogP) is 2.72. The average Bonchev–Trinajstić information content (AvgIpc) is 3.08. The molecule has 2 heterocycles. The molecule has 0 spiro atoms. The summed E-state index contributed by atoms with van der Waals surface area (Å²) in [7, 11) is 3.23. The van der Waals surface area contributed by atoms with E-state index < -0.39 is 0 Å². The second kappa shape index (κ2) is 6.48. The lowest BCUT2D eigenvalue weighted by Crippen LogP contribution is -2.28. The Morgan fingerprint density at radius 2 is 1.88 bits per heavy atom. The van der Waals surface area contributed by atoms with Gasteiger partial charge in [-0.15, -0.1) is 0 Å². The van der Waals surface area contributed by atoms with Crippen LogP contribution in [0.2, 0.25) is 0 Å². The first kappa shape index (κ1) is 17.4. The monoisotopic (exact) mass is 358 g/mol. The summed E-state index contributed by atoms with van der Waals surface area (Å²) in [5.74, 6) is 0.332. The van der Waals surface area contributed by atoms with Gasteiger partial charge in [-0.3, -0.25) is 13.9 Å². The lowest BCUT2D eigenvalue weighted by Gasteiger charge is -2.13. The molecule has 0 bridgehead atoms. The number of hydrazone groups is 1. The van der Waals surface area contributed by atoms with Gasteiger partial charge in [-0.05, 0) is 29.3 Å². The number of nitrogens with one attached hydrogen (secondary N) is 1. The van der Waals surface area contributed by atoms with Crippen LogP contribution < -0.4 is 11.0 Å². The van der Waals surface area contributed by atoms with Crippen LogP contribution in [0.1, 0.15) is 48.9 Å². The maximum absolute atomic E-state index is 12.5. The minimum Gasteiger partial charge on any atom is -0.494 e. The summed E-state index contributed by atoms with van der Waals surface area (Å²) in [6.45, 7) is 4.32. The van der Waals surface area contributed by atoms with Gasteiger partial charge in [0.25, 0.3) is 5.56 Å². The number of hydrogen-bond acceptors (Lipinski definition) is 5. The molecule has 0 saturated carbocycles. The van der Waals surface area contributed by atoms with Gasteiger partial charge in [0.15, 0.2) is 4.77 Å². The molecule has 1 aliphatic heterocycles. The molecule has 1 atom stereocenters. The Hall–Kier alpha value is -2.41. The summed E-state index contributed by atoms with van der Waals surface area (Å²) in [6.07, 6.45) is 0.528. The Morgan fingerprint density at radius 3 is 2.48 bits per heavy atom. The Bertz CT molecular complexity index is 955. The summed E-state index contributed by atoms with van der Waals surface area (Å²) >= 11 is 5.15. The number of aromatic hydroxyl groups is 1. The molecule has 2 N–H and O–H groups in total. The van der Waals surface area contributed by atoms with Crippen LogP contribution in [0, 0.1) is 4.77 Å². The van der Waals surface area contributed by atoms with Crippen LogP contribution in [-0.2, 0) is 14.1 Å². The van der Waals surface area contributed by atoms with Crippen LogP contribution in [0.5, 0.6) is 5.88 Å². The van der Waals surface area contributed by atoms with Gasteiger partial charge < -0.3 is 10.5 Å². The van der Waals surface area contributed by atoms with Crippen LogP contribution in [0.4, 0.5) is 0 Å². The fourth-order valence-corrected chi connectivity index (χ4v) is 3.16. The maximum Gasteiger partial charge on any atom is 0.267 e. The van der Waals surface area contributed by atoms with E-state index in [4.69, 9.17) is 12.2 Å². The molecule has 2 aromatic rings. The van der Waals surface area contributed by atoms with Crippen molar-refractivity contribution in [3.05, 3.63) is 56.1 Å². The molecule has 0 saturated heterocycles. The van der Waals surface area contributed by atoms with Gasteiger partial charge >= 0.3 is 0 Å². The van der Waals surface area contributed by atoms with E-state index in [0.717, 1.165) is 5.56 Å². The largest absolute Gasteiger partial charge is 0.494 e. The molecule has 25 heavy (non-hydrogen) atoms. The Balaban J connectivity index is 1.91. The summed E-state index contributed by atoms with van der Waals surface area (Å²) in [5, 5.41) is 14.7. The van der Waals surface area contributed by atoms with E-state index in [0.29, 0.717) is 18.1 Å². The van der Waals surface area contributed by atoms with E-state index in [1.807, 2.05) is 0 Å². The third-order valence-corrected chi connectivity index (χ3v) is 5.23. The Labute approximate surface area is 151 Å². The fraction of sp³-hybridized carbons (Fsp3) is 0.389. The molecule has 132 valence electrons. The van der Waals surface area contributed by atoms with Gasteiger partial charge in [-0.2, -0.15) is 5.10 Å². The highest BCUT2D eigenvalue weighted by Gasteiger charge is 2.27. The summed E-state index contributed by atoms with van der Waals surface area (Å²) in [6, 6.07) is 8.37. The molecule has 0 radical (unpaired) electrons. The van der Waals surface area contributed by atoms with Crippen molar-refractivity contribution in [2.75, 3.05) is 0 Å². The Kier molecular flexibility index (Phi) is 4.51. The van der Waals surface area contributed by atoms with Crippen LogP contribution in [0.15, 0.2) is 34.2 Å². The molecule has 6 nitrogen and oxygen atoms in total. The zero-order valence-electron chi connectivity index (χ0n) is 14.8. The van der Waals surface area contributed by atoms with E-state index in [-0.39, 0.29) is 27.8 Å². The van der Waals surface area contributed by atoms with Crippen molar-refractivity contribution in [1.82, 2.24) is 14.6 Å². The molecule has 0 amide bonds. The van der Waals surface area contributed by atoms with Gasteiger partial charge in [-0.25, -0.2) is 0 Å². The van der Waals surface area contributed by atoms with Crippen LogP contribution in [-0.4, -0.2) is 20.0 Å². The van der Waals surface area contributed by atoms with Gasteiger partial charge in [0, 0.05) is 20.5 Å². The van der Waals surface area contributed by atoms with Crippen molar-refractivity contribution in [2.45, 2.75) is 32.2 Å². The fourth-order valence-electron chi connectivity index (χ4n) is 2.99. The highest BCUT2D eigenvalue weighted by molar-refractivity contribution is 7.71. The number of hydrogen-bond donors (Lipinski definition) is 2. The molecular formula is C18H22N4O2S. The summed E-state index contributed by atoms with van der Waals surface area (Å²) < 4.78 is 3.02. The molecule has 0 aliphatic carbocycles. The second-order valence-corrected chi connectivity index (χ2v) is 7.04. The highest BCUT2D eigenvalue weighted by atomic mass is 32.1. The topological polar surface area (TPSA) is 71.5 Å². The number of nitrogens with zero attached hydrogens (tertiary/aromatic N) is 3. The van der Waals surface area contributed by atoms with Gasteiger partial charge in [0.2, 0.25) is 5.88 Å². The molecule has 3 rings (SSSR count). The summed E-state index contributed by atoms with van der Waals surface area (Å²) in [4.78, 5) is 12.5. The third kappa shape index (κ3) is 3.00. The number of aromatic nitrogens is 2. The quantitative estimate of drug-likeness (QED) is 0.828. The second-order valence-electron chi connectivity index (χ2n) is 6.67. The molecule has 0 fully saturated rings. The van der Waals surface area contributed by atoms with E-state index in [1.165, 1.54) is 14.7 Å². The van der Waals surface area contributed by atoms with Crippen LogP contribution >= 0.6 is 12.2 Å². The van der Waals surface area contributed by atoms with Gasteiger partial charge in [0.05, 0.1) is 11.8 Å². The normalized spacial score (nSPS) is 16.8. The van der Waals surface area contributed by atoms with Crippen molar-refractivity contribution in [3.63, 3.8) is 0 Å². The molecule has 1 aromatic heterocycles. The van der Waals surface area contributed by atoms with E-state index >= 15 is 0 Å². The zero-order valence-corrected chi connectivity index (χ0v) is 15.6. The van der Waals surface area contributed by atoms with Crippen molar-refractivity contribution < 1.29 is 5.11 Å². The third-order valence-electron chi connectivity index (χ3n) is 4.68. The SMILES string of the molecule is CC(C)c1ccc([C@H]2CC(c3c(O)n(C)c(=S)n(C)c3=O)=NN2)cc1. The molecule has 1 aromatic carbocycles. The predicted molar refractivity (Wildman–Crippen MR) is 101 cm³/mol. The minimum absolute atomic E-state index is 0.0196. The summed E-state index contributed by atoms with van der Waals surface area (Å²) in [5.41, 5.74) is 5.86. The van der Waals surface area contributed by atoms with E-state index in [2.05, 4.69) is 48.6 Å². The lowest BCUT2D eigenvalue weighted by atomic mass is 9.96. The lowest BCUT2D eigenvalue weighted by molar-refractivity contribution is 0.414. The standard InChI is InChI=1S/C18H22N4O2S/c1-10(2)11-5-7-12(8-6-11)13-9-14(20-19-13)15-16(23)21(3)18(25)22(4)17(15)24/h5-8,10,13,19,23H,9H2,1-4H3/t13-/m1/s1. The van der Waals surface area contributed by atoms with E-state index in [9.17, 15) is 9.90 Å². The zero-order chi connectivity index (χ0) is 18.3. The van der Waals surface area contributed by atoms with E-state index in [1.54, 1.807) is 14.1 Å². The first-order chi connectivity index (χ1) is 11.8. The van der Waals surface area contributed by atoms with Crippen molar-refractivity contribution in [3.8, 4) is 5.88 Å². The van der Waals surface area contributed by atoms with Crippen molar-refractivity contribution in [1.29, 1.82) is 0 Å².